The van der Waals surface area contributed by atoms with Gasteiger partial charge in [0.15, 0.2) is 0 Å². The summed E-state index contributed by atoms with van der Waals surface area (Å²) in [5.74, 6) is 1.28. The lowest BCUT2D eigenvalue weighted by atomic mass is 9.83. The first-order chi connectivity index (χ1) is 15.5. The topological polar surface area (TPSA) is 82.2 Å². The third kappa shape index (κ3) is 5.23. The Labute approximate surface area is 189 Å². The summed E-state index contributed by atoms with van der Waals surface area (Å²) in [7, 11) is 1.61. The molecule has 0 radical (unpaired) electrons. The summed E-state index contributed by atoms with van der Waals surface area (Å²) < 4.78 is 5.30. The molecule has 0 spiro atoms. The summed E-state index contributed by atoms with van der Waals surface area (Å²) >= 11 is 0. The molecule has 3 fully saturated rings. The van der Waals surface area contributed by atoms with E-state index in [2.05, 4.69) is 10.2 Å². The van der Waals surface area contributed by atoms with Gasteiger partial charge in [0.1, 0.15) is 5.75 Å². The van der Waals surface area contributed by atoms with Crippen LogP contribution in [0.5, 0.6) is 5.75 Å². The number of carbonyl (C=O) groups excluding carboxylic acids is 3. The molecule has 1 aromatic carbocycles. The van der Waals surface area contributed by atoms with Crippen molar-refractivity contribution in [3.05, 3.63) is 29.8 Å². The largest absolute Gasteiger partial charge is 0.497 e. The number of amides is 3. The number of nitrogens with zero attached hydrogens (tertiary/aromatic N) is 3. The second-order valence-corrected chi connectivity index (χ2v) is 9.07. The van der Waals surface area contributed by atoms with Gasteiger partial charge >= 0.3 is 0 Å². The number of methoxy groups -OCH3 is 1. The molecule has 3 heterocycles. The Bertz CT molecular complexity index is 837. The van der Waals surface area contributed by atoms with E-state index in [4.69, 9.17) is 4.74 Å². The number of piperazine rings is 1. The van der Waals surface area contributed by atoms with Crippen molar-refractivity contribution in [2.75, 3.05) is 52.9 Å². The standard InChI is InChI=1S/C24H34N4O4/c1-32-20-6-4-5-19(15-20)24(31)28-11-3-2-7-21(28)18-8-12-27(13-9-18)23(30)17-26-14-10-25-22(29)16-26/h4-6,15,18,21H,2-3,7-14,16-17H2,1H3,(H,25,29)/t21-/m0/s1. The van der Waals surface area contributed by atoms with E-state index in [0.717, 1.165) is 58.3 Å². The average molecular weight is 443 g/mol. The van der Waals surface area contributed by atoms with Gasteiger partial charge in [-0.3, -0.25) is 19.3 Å². The van der Waals surface area contributed by atoms with E-state index in [1.54, 1.807) is 7.11 Å². The molecule has 0 aromatic heterocycles. The number of likely N-dealkylation sites (tertiary alicyclic amines) is 2. The molecule has 3 aliphatic heterocycles. The molecular formula is C24H34N4O4. The number of hydrogen-bond donors (Lipinski definition) is 1. The fraction of sp³-hybridized carbons (Fsp3) is 0.625. The molecule has 4 rings (SSSR count). The maximum absolute atomic E-state index is 13.3. The summed E-state index contributed by atoms with van der Waals surface area (Å²) in [5, 5.41) is 2.79. The number of ether oxygens (including phenoxy) is 1. The van der Waals surface area contributed by atoms with Gasteiger partial charge in [-0.2, -0.15) is 0 Å². The quantitative estimate of drug-likeness (QED) is 0.745. The number of benzene rings is 1. The van der Waals surface area contributed by atoms with Crippen molar-refractivity contribution in [1.29, 1.82) is 0 Å². The zero-order valence-corrected chi connectivity index (χ0v) is 18.9. The van der Waals surface area contributed by atoms with Crippen LogP contribution in [0.1, 0.15) is 42.5 Å². The van der Waals surface area contributed by atoms with Gasteiger partial charge in [0.05, 0.1) is 20.2 Å². The minimum atomic E-state index is -0.0131. The van der Waals surface area contributed by atoms with Crippen LogP contribution in [-0.2, 0) is 9.59 Å². The van der Waals surface area contributed by atoms with Gasteiger partial charge in [-0.1, -0.05) is 6.07 Å². The lowest BCUT2D eigenvalue weighted by molar-refractivity contribution is -0.135. The Hall–Kier alpha value is -2.61. The Morgan fingerprint density at radius 1 is 1.09 bits per heavy atom. The van der Waals surface area contributed by atoms with Gasteiger partial charge in [-0.05, 0) is 56.2 Å². The van der Waals surface area contributed by atoms with Crippen molar-refractivity contribution in [2.45, 2.75) is 38.1 Å². The predicted octanol–water partition coefficient (Wildman–Crippen LogP) is 1.36. The second kappa shape index (κ2) is 10.3. The minimum Gasteiger partial charge on any atom is -0.497 e. The van der Waals surface area contributed by atoms with Crippen LogP contribution < -0.4 is 10.1 Å². The van der Waals surface area contributed by atoms with Crippen molar-refractivity contribution in [1.82, 2.24) is 20.0 Å². The van der Waals surface area contributed by atoms with Gasteiger partial charge in [-0.15, -0.1) is 0 Å². The van der Waals surface area contributed by atoms with E-state index in [1.165, 1.54) is 0 Å². The molecule has 174 valence electrons. The van der Waals surface area contributed by atoms with Crippen molar-refractivity contribution >= 4 is 17.7 Å². The first-order valence-corrected chi connectivity index (χ1v) is 11.8. The molecule has 3 aliphatic rings. The van der Waals surface area contributed by atoms with Gasteiger partial charge < -0.3 is 19.9 Å². The molecule has 32 heavy (non-hydrogen) atoms. The third-order valence-electron chi connectivity index (χ3n) is 7.04. The summed E-state index contributed by atoms with van der Waals surface area (Å²) in [6.07, 6.45) is 5.03. The number of hydrogen-bond acceptors (Lipinski definition) is 5. The number of nitrogens with one attached hydrogen (secondary N) is 1. The molecule has 1 aromatic rings. The molecule has 0 unspecified atom stereocenters. The van der Waals surface area contributed by atoms with Crippen molar-refractivity contribution in [3.63, 3.8) is 0 Å². The second-order valence-electron chi connectivity index (χ2n) is 9.07. The highest BCUT2D eigenvalue weighted by Crippen LogP contribution is 2.32. The highest BCUT2D eigenvalue weighted by atomic mass is 16.5. The molecule has 0 saturated carbocycles. The van der Waals surface area contributed by atoms with Crippen LogP contribution in [0.25, 0.3) is 0 Å². The molecule has 0 aliphatic carbocycles. The van der Waals surface area contributed by atoms with Crippen LogP contribution in [0, 0.1) is 5.92 Å². The molecule has 1 atom stereocenters. The van der Waals surface area contributed by atoms with Crippen LogP contribution in [0.15, 0.2) is 24.3 Å². The van der Waals surface area contributed by atoms with Crippen molar-refractivity contribution in [2.24, 2.45) is 5.92 Å². The Morgan fingerprint density at radius 3 is 2.66 bits per heavy atom. The van der Waals surface area contributed by atoms with Gasteiger partial charge in [0, 0.05) is 44.3 Å². The molecule has 8 heteroatoms. The summed E-state index contributed by atoms with van der Waals surface area (Å²) in [4.78, 5) is 43.5. The monoisotopic (exact) mass is 442 g/mol. The van der Waals surface area contributed by atoms with Gasteiger partial charge in [-0.25, -0.2) is 0 Å². The fourth-order valence-corrected chi connectivity index (χ4v) is 5.27. The summed E-state index contributed by atoms with van der Waals surface area (Å²) in [6.45, 7) is 4.16. The van der Waals surface area contributed by atoms with E-state index >= 15 is 0 Å². The van der Waals surface area contributed by atoms with Crippen molar-refractivity contribution < 1.29 is 19.1 Å². The van der Waals surface area contributed by atoms with Crippen LogP contribution >= 0.6 is 0 Å². The van der Waals surface area contributed by atoms with E-state index in [9.17, 15) is 14.4 Å². The highest BCUT2D eigenvalue weighted by Gasteiger charge is 2.36. The zero-order chi connectivity index (χ0) is 22.5. The SMILES string of the molecule is COc1cccc(C(=O)N2CCCC[C@H]2C2CCN(C(=O)CN3CCNC(=O)C3)CC2)c1. The molecule has 3 saturated heterocycles. The smallest absolute Gasteiger partial charge is 0.254 e. The Balaban J connectivity index is 1.34. The summed E-state index contributed by atoms with van der Waals surface area (Å²) in [6, 6.07) is 7.62. The first kappa shape index (κ1) is 22.6. The lowest BCUT2D eigenvalue weighted by Gasteiger charge is -2.44. The average Bonchev–Trinajstić information content (AvgIpc) is 2.83. The maximum Gasteiger partial charge on any atom is 0.254 e. The molecule has 1 N–H and O–H groups in total. The number of rotatable bonds is 5. The van der Waals surface area contributed by atoms with Gasteiger partial charge in [0.25, 0.3) is 5.91 Å². The maximum atomic E-state index is 13.3. The molecule has 8 nitrogen and oxygen atoms in total. The predicted molar refractivity (Wildman–Crippen MR) is 120 cm³/mol. The number of carbonyl (C=O) groups is 3. The zero-order valence-electron chi connectivity index (χ0n) is 18.9. The van der Waals surface area contributed by atoms with E-state index in [0.29, 0.717) is 36.9 Å². The van der Waals surface area contributed by atoms with Crippen molar-refractivity contribution in [3.8, 4) is 5.75 Å². The molecule has 0 bridgehead atoms. The Kier molecular flexibility index (Phi) is 7.29. The third-order valence-corrected chi connectivity index (χ3v) is 7.04. The van der Waals surface area contributed by atoms with Crippen LogP contribution in [-0.4, -0.2) is 91.4 Å². The first-order valence-electron chi connectivity index (χ1n) is 11.8. The van der Waals surface area contributed by atoms with E-state index < -0.39 is 0 Å². The molecular weight excluding hydrogens is 408 g/mol. The number of piperidine rings is 2. The van der Waals surface area contributed by atoms with Crippen LogP contribution in [0.4, 0.5) is 0 Å². The fourth-order valence-electron chi connectivity index (χ4n) is 5.27. The Morgan fingerprint density at radius 2 is 1.91 bits per heavy atom. The molecule has 3 amide bonds. The van der Waals surface area contributed by atoms with Crippen LogP contribution in [0.3, 0.4) is 0 Å². The normalized spacial score (nSPS) is 23.0. The van der Waals surface area contributed by atoms with Crippen LogP contribution in [0.2, 0.25) is 0 Å². The minimum absolute atomic E-state index is 0.0131. The highest BCUT2D eigenvalue weighted by molar-refractivity contribution is 5.95. The van der Waals surface area contributed by atoms with E-state index in [-0.39, 0.29) is 23.8 Å². The van der Waals surface area contributed by atoms with E-state index in [1.807, 2.05) is 34.1 Å². The van der Waals surface area contributed by atoms with Gasteiger partial charge in [0.2, 0.25) is 11.8 Å². The lowest BCUT2D eigenvalue weighted by Crippen LogP contribution is -2.53. The summed E-state index contributed by atoms with van der Waals surface area (Å²) in [5.41, 5.74) is 0.675.